The van der Waals surface area contributed by atoms with Gasteiger partial charge in [0.1, 0.15) is 11.2 Å². The summed E-state index contributed by atoms with van der Waals surface area (Å²) in [5.74, 6) is 0. The van der Waals surface area contributed by atoms with Crippen molar-refractivity contribution < 1.29 is 8.39 Å². The number of fused-ring (bicyclic) bond motifs is 3. The Bertz CT molecular complexity index is 1410. The summed E-state index contributed by atoms with van der Waals surface area (Å²) in [7, 11) is -1.48. The lowest BCUT2D eigenvalue weighted by Crippen LogP contribution is -2.27. The summed E-state index contributed by atoms with van der Waals surface area (Å²) in [4.78, 5) is 0. The largest absolute Gasteiger partial charge is 0.407 e. The molecule has 1 aromatic heterocycles. The van der Waals surface area contributed by atoms with Gasteiger partial charge in [-0.2, -0.15) is 4.67 Å². The van der Waals surface area contributed by atoms with E-state index in [2.05, 4.69) is 129 Å². The second kappa shape index (κ2) is 12.1. The third-order valence-electron chi connectivity index (χ3n) is 7.41. The first-order valence-corrected chi connectivity index (χ1v) is 15.0. The van der Waals surface area contributed by atoms with Crippen LogP contribution in [0.3, 0.4) is 0 Å². The van der Waals surface area contributed by atoms with Crippen LogP contribution in [0.1, 0.15) is 74.9 Å². The monoisotopic (exact) mass is 523 g/mol. The van der Waals surface area contributed by atoms with Crippen LogP contribution < -0.4 is 4.67 Å². The van der Waals surface area contributed by atoms with Crippen molar-refractivity contribution >= 4 is 30.1 Å². The predicted octanol–water partition coefficient (Wildman–Crippen LogP) is 10.7. The maximum Gasteiger partial charge on any atom is 0.310 e. The van der Waals surface area contributed by atoms with Gasteiger partial charge in [0.15, 0.2) is 0 Å². The van der Waals surface area contributed by atoms with E-state index in [1.807, 2.05) is 0 Å². The third-order valence-corrected chi connectivity index (χ3v) is 9.15. The van der Waals surface area contributed by atoms with E-state index in [1.54, 1.807) is 0 Å². The molecule has 0 fully saturated rings. The molecule has 4 aromatic carbocycles. The van der Waals surface area contributed by atoms with Gasteiger partial charge in [-0.05, 0) is 48.9 Å². The van der Waals surface area contributed by atoms with Gasteiger partial charge < -0.3 is 8.39 Å². The van der Waals surface area contributed by atoms with Gasteiger partial charge in [-0.25, -0.2) is 0 Å². The summed E-state index contributed by atoms with van der Waals surface area (Å²) >= 11 is 0. The van der Waals surface area contributed by atoms with Gasteiger partial charge in [-0.15, -0.1) is 0 Å². The van der Waals surface area contributed by atoms with E-state index >= 15 is 0 Å². The Balaban J connectivity index is 1.85. The topological polar surface area (TPSA) is 29.5 Å². The summed E-state index contributed by atoms with van der Waals surface area (Å²) in [6.45, 7) is 8.99. The lowest BCUT2D eigenvalue weighted by molar-refractivity contribution is 0.556. The molecule has 1 heterocycles. The highest BCUT2D eigenvalue weighted by Gasteiger charge is 2.29. The number of aryl methyl sites for hydroxylation is 2. The average Bonchev–Trinajstić information content (AvgIpc) is 3.12. The average molecular weight is 524 g/mol. The highest BCUT2D eigenvalue weighted by Crippen LogP contribution is 2.47. The predicted molar refractivity (Wildman–Crippen MR) is 162 cm³/mol. The molecule has 0 unspecified atom stereocenters. The molecule has 0 amide bonds. The van der Waals surface area contributed by atoms with E-state index in [9.17, 15) is 0 Å². The van der Waals surface area contributed by atoms with Gasteiger partial charge in [-0.3, -0.25) is 0 Å². The molecule has 3 nitrogen and oxygen atoms in total. The summed E-state index contributed by atoms with van der Waals surface area (Å²) in [5, 5.41) is 2.27. The summed E-state index contributed by atoms with van der Waals surface area (Å²) in [6.07, 6.45) is 4.06. The molecule has 38 heavy (non-hydrogen) atoms. The fourth-order valence-electron chi connectivity index (χ4n) is 5.40. The first-order valence-electron chi connectivity index (χ1n) is 13.9. The van der Waals surface area contributed by atoms with Gasteiger partial charge in [0, 0.05) is 22.9 Å². The van der Waals surface area contributed by atoms with Crippen molar-refractivity contribution in [2.24, 2.45) is 0 Å². The Morgan fingerprint density at radius 2 is 1.00 bits per heavy atom. The van der Waals surface area contributed by atoms with Gasteiger partial charge in [-0.1, -0.05) is 124 Å². The van der Waals surface area contributed by atoms with Crippen molar-refractivity contribution in [1.29, 1.82) is 0 Å². The lowest BCUT2D eigenvalue weighted by atomic mass is 10.0. The third kappa shape index (κ3) is 5.32. The molecule has 0 N–H and O–H groups in total. The minimum Gasteiger partial charge on any atom is -0.407 e. The quantitative estimate of drug-likeness (QED) is 0.192. The lowest BCUT2D eigenvalue weighted by Gasteiger charge is -2.31. The number of para-hydroxylation sites is 2. The highest BCUT2D eigenvalue weighted by atomic mass is 31.1. The van der Waals surface area contributed by atoms with E-state index in [4.69, 9.17) is 8.39 Å². The Labute approximate surface area is 227 Å². The molecule has 5 rings (SSSR count). The molecule has 4 heteroatoms. The van der Waals surface area contributed by atoms with E-state index < -0.39 is 8.16 Å². The molecule has 196 valence electrons. The van der Waals surface area contributed by atoms with Crippen LogP contribution in [-0.4, -0.2) is 0 Å². The first-order chi connectivity index (χ1) is 18.6. The second-order valence-corrected chi connectivity index (χ2v) is 11.4. The molecule has 2 atom stereocenters. The minimum absolute atomic E-state index is 0.0826. The van der Waals surface area contributed by atoms with Crippen LogP contribution in [0.5, 0.6) is 0 Å². The zero-order valence-corrected chi connectivity index (χ0v) is 23.8. The van der Waals surface area contributed by atoms with Crippen molar-refractivity contribution in [3.63, 3.8) is 0 Å². The molecule has 5 aromatic rings. The number of nitrogens with zero attached hydrogens (tertiary/aromatic N) is 1. The second-order valence-electron chi connectivity index (χ2n) is 10.1. The van der Waals surface area contributed by atoms with Crippen LogP contribution in [0.25, 0.3) is 21.9 Å². The fourth-order valence-corrected chi connectivity index (χ4v) is 7.20. The molecule has 0 saturated heterocycles. The van der Waals surface area contributed by atoms with Crippen LogP contribution in [0.2, 0.25) is 0 Å². The van der Waals surface area contributed by atoms with E-state index in [0.717, 1.165) is 47.6 Å². The van der Waals surface area contributed by atoms with E-state index in [1.165, 1.54) is 22.3 Å². The Hall–Kier alpha value is -3.26. The fraction of sp³-hybridized carbons (Fsp3) is 0.294. The van der Waals surface area contributed by atoms with Crippen LogP contribution >= 0.6 is 8.16 Å². The van der Waals surface area contributed by atoms with Crippen molar-refractivity contribution in [2.75, 3.05) is 4.67 Å². The molecule has 0 spiro atoms. The molecule has 0 aliphatic carbocycles. The Morgan fingerprint density at radius 1 is 0.579 bits per heavy atom. The highest BCUT2D eigenvalue weighted by molar-refractivity contribution is 7.39. The molecular formula is C34H38NO2P. The van der Waals surface area contributed by atoms with E-state index in [-0.39, 0.29) is 12.1 Å². The first kappa shape index (κ1) is 26.4. The molecule has 0 radical (unpaired) electrons. The van der Waals surface area contributed by atoms with Crippen molar-refractivity contribution in [3.05, 3.63) is 119 Å². The summed E-state index contributed by atoms with van der Waals surface area (Å²) in [5.41, 5.74) is 6.93. The molecule has 0 saturated carbocycles. The standard InChI is InChI=1S/C34H38NO2P/c1-5-15-29-21-13-23-31-32-24-14-22-30(16-6-2)34(32)37-38(36-33(29)31)35(25(3)27-17-9-7-10-18-27)26(4)28-19-11-8-12-20-28/h7-14,17-26H,5-6,15-16H2,1-4H3/t25-,26-/m1/s1. The summed E-state index contributed by atoms with van der Waals surface area (Å²) < 4.78 is 16.6. The maximum absolute atomic E-state index is 7.07. The number of hydrogen-bond donors (Lipinski definition) is 0. The van der Waals surface area contributed by atoms with Crippen molar-refractivity contribution in [2.45, 2.75) is 65.5 Å². The van der Waals surface area contributed by atoms with Crippen LogP contribution in [0.15, 0.2) is 105 Å². The minimum atomic E-state index is -1.48. The number of hydrogen-bond acceptors (Lipinski definition) is 3. The Morgan fingerprint density at radius 3 is 1.39 bits per heavy atom. The van der Waals surface area contributed by atoms with Gasteiger partial charge in [0.25, 0.3) is 0 Å². The number of benzene rings is 4. The SMILES string of the molecule is CCCc1cccc2c1op(N([C@H](C)c1ccccc1)[C@H](C)c1ccccc1)oc1c(CCC)cccc12. The molecular weight excluding hydrogens is 485 g/mol. The van der Waals surface area contributed by atoms with Crippen LogP contribution in [-0.2, 0) is 12.8 Å². The van der Waals surface area contributed by atoms with Crippen molar-refractivity contribution in [3.8, 4) is 0 Å². The zero-order chi connectivity index (χ0) is 26.5. The summed E-state index contributed by atoms with van der Waals surface area (Å²) in [6, 6.07) is 34.7. The smallest absolute Gasteiger partial charge is 0.310 e. The normalized spacial score (nSPS) is 13.2. The number of rotatable bonds is 9. The zero-order valence-electron chi connectivity index (χ0n) is 22.9. The van der Waals surface area contributed by atoms with Gasteiger partial charge in [0.05, 0.1) is 0 Å². The molecule has 0 bridgehead atoms. The van der Waals surface area contributed by atoms with Crippen LogP contribution in [0, 0.1) is 0 Å². The van der Waals surface area contributed by atoms with Crippen molar-refractivity contribution in [1.82, 2.24) is 0 Å². The molecule has 0 aliphatic rings. The van der Waals surface area contributed by atoms with Gasteiger partial charge >= 0.3 is 8.16 Å². The van der Waals surface area contributed by atoms with Crippen LogP contribution in [0.4, 0.5) is 0 Å². The van der Waals surface area contributed by atoms with E-state index in [0.29, 0.717) is 0 Å². The maximum atomic E-state index is 7.07. The van der Waals surface area contributed by atoms with Gasteiger partial charge in [0.2, 0.25) is 0 Å². The molecule has 0 aliphatic heterocycles. The Kier molecular flexibility index (Phi) is 8.37.